The molecule has 0 unspecified atom stereocenters. The van der Waals surface area contributed by atoms with Crippen molar-refractivity contribution in [2.45, 2.75) is 20.3 Å². The zero-order chi connectivity index (χ0) is 12.1. The Bertz CT molecular complexity index is 482. The van der Waals surface area contributed by atoms with Crippen LogP contribution in [0, 0.1) is 0 Å². The van der Waals surface area contributed by atoms with Gasteiger partial charge in [-0.3, -0.25) is 4.98 Å². The first-order valence-corrected chi connectivity index (χ1v) is 5.85. The first kappa shape index (κ1) is 11.5. The Hall–Kier alpha value is -1.97. The summed E-state index contributed by atoms with van der Waals surface area (Å²) in [4.78, 5) is 13.0. The third-order valence-corrected chi connectivity index (χ3v) is 2.42. The zero-order valence-corrected chi connectivity index (χ0v) is 10.1. The van der Waals surface area contributed by atoms with Gasteiger partial charge in [-0.05, 0) is 19.1 Å². The van der Waals surface area contributed by atoms with Crippen molar-refractivity contribution in [3.05, 3.63) is 36.4 Å². The fourth-order valence-corrected chi connectivity index (χ4v) is 1.60. The van der Waals surface area contributed by atoms with Crippen LogP contribution in [-0.2, 0) is 6.42 Å². The quantitative estimate of drug-likeness (QED) is 0.873. The van der Waals surface area contributed by atoms with Crippen molar-refractivity contribution in [2.24, 2.45) is 0 Å². The van der Waals surface area contributed by atoms with Gasteiger partial charge in [0, 0.05) is 37.0 Å². The smallest absolute Gasteiger partial charge is 0.131 e. The molecular formula is C13H16N4. The summed E-state index contributed by atoms with van der Waals surface area (Å²) in [6.07, 6.45) is 4.38. The first-order chi connectivity index (χ1) is 8.33. The lowest BCUT2D eigenvalue weighted by atomic mass is 10.2. The Labute approximate surface area is 101 Å². The molecule has 88 valence electrons. The molecule has 0 saturated heterocycles. The lowest BCUT2D eigenvalue weighted by Gasteiger charge is -2.07. The lowest BCUT2D eigenvalue weighted by molar-refractivity contribution is 0.939. The highest BCUT2D eigenvalue weighted by Gasteiger charge is 2.04. The second-order valence-electron chi connectivity index (χ2n) is 3.67. The van der Waals surface area contributed by atoms with Gasteiger partial charge < -0.3 is 5.32 Å². The second-order valence-corrected chi connectivity index (χ2v) is 3.67. The predicted octanol–water partition coefficient (Wildman–Crippen LogP) is 2.53. The molecule has 0 spiro atoms. The molecule has 2 aromatic rings. The third-order valence-electron chi connectivity index (χ3n) is 2.42. The van der Waals surface area contributed by atoms with E-state index in [-0.39, 0.29) is 0 Å². The molecule has 4 nitrogen and oxygen atoms in total. The predicted molar refractivity (Wildman–Crippen MR) is 68.8 cm³/mol. The lowest BCUT2D eigenvalue weighted by Crippen LogP contribution is -2.04. The molecular weight excluding hydrogens is 212 g/mol. The number of aryl methyl sites for hydroxylation is 1. The van der Waals surface area contributed by atoms with Crippen LogP contribution in [0.5, 0.6) is 0 Å². The molecule has 0 saturated carbocycles. The maximum atomic E-state index is 4.53. The summed E-state index contributed by atoms with van der Waals surface area (Å²) in [5, 5.41) is 3.23. The van der Waals surface area contributed by atoms with Crippen LogP contribution in [0.1, 0.15) is 19.7 Å². The van der Waals surface area contributed by atoms with E-state index in [4.69, 9.17) is 0 Å². The van der Waals surface area contributed by atoms with Crippen molar-refractivity contribution in [1.29, 1.82) is 0 Å². The summed E-state index contributed by atoms with van der Waals surface area (Å²) in [6, 6.07) is 5.88. The van der Waals surface area contributed by atoms with Gasteiger partial charge in [0.1, 0.15) is 11.6 Å². The number of hydrogen-bond acceptors (Lipinski definition) is 4. The van der Waals surface area contributed by atoms with Gasteiger partial charge in [0.2, 0.25) is 0 Å². The van der Waals surface area contributed by atoms with E-state index in [9.17, 15) is 0 Å². The molecule has 17 heavy (non-hydrogen) atoms. The Morgan fingerprint density at radius 3 is 2.53 bits per heavy atom. The van der Waals surface area contributed by atoms with Crippen LogP contribution in [0.15, 0.2) is 30.6 Å². The molecule has 0 atom stereocenters. The Morgan fingerprint density at radius 1 is 1.12 bits per heavy atom. The largest absolute Gasteiger partial charge is 0.370 e. The molecule has 1 N–H and O–H groups in total. The van der Waals surface area contributed by atoms with E-state index in [0.717, 1.165) is 35.9 Å². The molecule has 2 heterocycles. The van der Waals surface area contributed by atoms with Crippen molar-refractivity contribution < 1.29 is 0 Å². The third kappa shape index (κ3) is 2.78. The van der Waals surface area contributed by atoms with E-state index in [1.165, 1.54) is 0 Å². The number of anilines is 1. The molecule has 0 fully saturated rings. The summed E-state index contributed by atoms with van der Waals surface area (Å²) in [6.45, 7) is 4.97. The Kier molecular flexibility index (Phi) is 3.65. The highest BCUT2D eigenvalue weighted by Crippen LogP contribution is 2.19. The highest BCUT2D eigenvalue weighted by molar-refractivity contribution is 5.61. The van der Waals surface area contributed by atoms with Crippen molar-refractivity contribution in [3.8, 4) is 11.3 Å². The number of nitrogens with zero attached hydrogens (tertiary/aromatic N) is 3. The van der Waals surface area contributed by atoms with Crippen LogP contribution in [0.3, 0.4) is 0 Å². The fraction of sp³-hybridized carbons (Fsp3) is 0.308. The molecule has 0 aliphatic carbocycles. The maximum absolute atomic E-state index is 4.53. The number of rotatable bonds is 4. The van der Waals surface area contributed by atoms with E-state index >= 15 is 0 Å². The molecule has 4 heteroatoms. The van der Waals surface area contributed by atoms with Gasteiger partial charge in [-0.2, -0.15) is 0 Å². The Balaban J connectivity index is 2.43. The molecule has 0 aliphatic heterocycles. The molecule has 0 aromatic carbocycles. The number of hydrogen-bond donors (Lipinski definition) is 1. The minimum atomic E-state index is 0.831. The van der Waals surface area contributed by atoms with Crippen molar-refractivity contribution in [3.63, 3.8) is 0 Å². The van der Waals surface area contributed by atoms with Gasteiger partial charge in [0.15, 0.2) is 0 Å². The Morgan fingerprint density at radius 2 is 1.88 bits per heavy atom. The average Bonchev–Trinajstić information content (AvgIpc) is 2.40. The van der Waals surface area contributed by atoms with Gasteiger partial charge in [0.05, 0.1) is 5.69 Å². The minimum absolute atomic E-state index is 0.831. The average molecular weight is 228 g/mol. The van der Waals surface area contributed by atoms with E-state index in [0.29, 0.717) is 0 Å². The van der Waals surface area contributed by atoms with Gasteiger partial charge in [-0.25, -0.2) is 9.97 Å². The van der Waals surface area contributed by atoms with E-state index in [1.54, 1.807) is 12.4 Å². The van der Waals surface area contributed by atoms with Crippen LogP contribution in [0.4, 0.5) is 5.82 Å². The molecule has 0 amide bonds. The summed E-state index contributed by atoms with van der Waals surface area (Å²) >= 11 is 0. The van der Waals surface area contributed by atoms with Crippen LogP contribution in [0.2, 0.25) is 0 Å². The summed E-state index contributed by atoms with van der Waals surface area (Å²) < 4.78 is 0. The first-order valence-electron chi connectivity index (χ1n) is 5.85. The molecule has 2 rings (SSSR count). The molecule has 0 bridgehead atoms. The SMILES string of the molecule is CCNc1cc(-c2ccncc2)nc(CC)n1. The standard InChI is InChI=1S/C13H16N4/c1-3-12-16-11(9-13(17-12)15-4-2)10-5-7-14-8-6-10/h5-9H,3-4H2,1-2H3,(H,15,16,17). The molecule has 0 aliphatic rings. The van der Waals surface area contributed by atoms with Crippen molar-refractivity contribution >= 4 is 5.82 Å². The maximum Gasteiger partial charge on any atom is 0.131 e. The van der Waals surface area contributed by atoms with Gasteiger partial charge in [0.25, 0.3) is 0 Å². The number of aromatic nitrogens is 3. The summed E-state index contributed by atoms with van der Waals surface area (Å²) in [5.41, 5.74) is 2.01. The summed E-state index contributed by atoms with van der Waals surface area (Å²) in [5.74, 6) is 1.74. The summed E-state index contributed by atoms with van der Waals surface area (Å²) in [7, 11) is 0. The van der Waals surface area contributed by atoms with Gasteiger partial charge >= 0.3 is 0 Å². The molecule has 2 aromatic heterocycles. The second kappa shape index (κ2) is 5.39. The van der Waals surface area contributed by atoms with Crippen molar-refractivity contribution in [2.75, 3.05) is 11.9 Å². The fourth-order valence-electron chi connectivity index (χ4n) is 1.60. The van der Waals surface area contributed by atoms with Gasteiger partial charge in [-0.1, -0.05) is 6.92 Å². The van der Waals surface area contributed by atoms with Crippen LogP contribution in [-0.4, -0.2) is 21.5 Å². The van der Waals surface area contributed by atoms with Crippen molar-refractivity contribution in [1.82, 2.24) is 15.0 Å². The van der Waals surface area contributed by atoms with Crippen LogP contribution < -0.4 is 5.32 Å². The van der Waals surface area contributed by atoms with Gasteiger partial charge in [-0.15, -0.1) is 0 Å². The monoisotopic (exact) mass is 228 g/mol. The topological polar surface area (TPSA) is 50.7 Å². The van der Waals surface area contributed by atoms with Crippen LogP contribution >= 0.6 is 0 Å². The van der Waals surface area contributed by atoms with Crippen LogP contribution in [0.25, 0.3) is 11.3 Å². The normalized spacial score (nSPS) is 10.2. The van der Waals surface area contributed by atoms with E-state index in [1.807, 2.05) is 18.2 Å². The highest BCUT2D eigenvalue weighted by atomic mass is 15.0. The zero-order valence-electron chi connectivity index (χ0n) is 10.1. The minimum Gasteiger partial charge on any atom is -0.370 e. The number of pyridine rings is 1. The van der Waals surface area contributed by atoms with E-state index in [2.05, 4.69) is 34.1 Å². The number of nitrogens with one attached hydrogen (secondary N) is 1. The molecule has 0 radical (unpaired) electrons. The van der Waals surface area contributed by atoms with E-state index < -0.39 is 0 Å².